The molecular formula is C14H21F2NO. The fourth-order valence-corrected chi connectivity index (χ4v) is 1.63. The van der Waals surface area contributed by atoms with Gasteiger partial charge in [-0.2, -0.15) is 0 Å². The summed E-state index contributed by atoms with van der Waals surface area (Å²) in [7, 11) is 0. The molecule has 1 rings (SSSR count). The standard InChI is InChI=1S/C14H21F2NO/c1-2-6-17-7-4-3-5-8-18-14-10-12(15)9-13(16)11-14/h9-11,17H,2-8H2,1H3. The fraction of sp³-hybridized carbons (Fsp3) is 0.571. The molecular weight excluding hydrogens is 236 g/mol. The summed E-state index contributed by atoms with van der Waals surface area (Å²) in [5, 5.41) is 3.32. The zero-order valence-corrected chi connectivity index (χ0v) is 10.8. The van der Waals surface area contributed by atoms with E-state index in [0.29, 0.717) is 6.61 Å². The summed E-state index contributed by atoms with van der Waals surface area (Å²) in [5.74, 6) is -0.945. The number of nitrogens with one attached hydrogen (secondary N) is 1. The maximum absolute atomic E-state index is 12.8. The molecule has 0 aliphatic carbocycles. The summed E-state index contributed by atoms with van der Waals surface area (Å²) in [5.41, 5.74) is 0. The minimum atomic E-state index is -0.603. The highest BCUT2D eigenvalue weighted by Crippen LogP contribution is 2.15. The van der Waals surface area contributed by atoms with Crippen LogP contribution in [0, 0.1) is 11.6 Å². The van der Waals surface area contributed by atoms with Crippen molar-refractivity contribution in [2.75, 3.05) is 19.7 Å². The molecule has 1 aromatic carbocycles. The summed E-state index contributed by atoms with van der Waals surface area (Å²) in [4.78, 5) is 0. The monoisotopic (exact) mass is 257 g/mol. The minimum Gasteiger partial charge on any atom is -0.493 e. The maximum Gasteiger partial charge on any atom is 0.129 e. The van der Waals surface area contributed by atoms with Crippen LogP contribution in [0.3, 0.4) is 0 Å². The van der Waals surface area contributed by atoms with Gasteiger partial charge in [0, 0.05) is 18.2 Å². The highest BCUT2D eigenvalue weighted by Gasteiger charge is 2.01. The van der Waals surface area contributed by atoms with Crippen LogP contribution in [0.5, 0.6) is 5.75 Å². The second kappa shape index (κ2) is 8.86. The van der Waals surface area contributed by atoms with Crippen LogP contribution >= 0.6 is 0 Å². The molecule has 0 aliphatic heterocycles. The number of unbranched alkanes of at least 4 members (excludes halogenated alkanes) is 2. The summed E-state index contributed by atoms with van der Waals surface area (Å²) >= 11 is 0. The molecule has 2 nitrogen and oxygen atoms in total. The molecule has 0 aliphatic rings. The molecule has 0 spiro atoms. The van der Waals surface area contributed by atoms with Crippen molar-refractivity contribution >= 4 is 0 Å². The van der Waals surface area contributed by atoms with E-state index in [9.17, 15) is 8.78 Å². The first kappa shape index (κ1) is 14.9. The lowest BCUT2D eigenvalue weighted by molar-refractivity contribution is 0.301. The van der Waals surface area contributed by atoms with Gasteiger partial charge in [0.1, 0.15) is 17.4 Å². The highest BCUT2D eigenvalue weighted by molar-refractivity contribution is 5.23. The van der Waals surface area contributed by atoms with Gasteiger partial charge in [0.05, 0.1) is 6.61 Å². The highest BCUT2D eigenvalue weighted by atomic mass is 19.1. The first-order chi connectivity index (χ1) is 8.72. The molecule has 1 N–H and O–H groups in total. The second-order valence-corrected chi connectivity index (χ2v) is 4.26. The molecule has 0 radical (unpaired) electrons. The molecule has 0 saturated heterocycles. The van der Waals surface area contributed by atoms with Crippen LogP contribution in [0.25, 0.3) is 0 Å². The van der Waals surface area contributed by atoms with Crippen LogP contribution < -0.4 is 10.1 Å². The van der Waals surface area contributed by atoms with Crippen LogP contribution in [0.2, 0.25) is 0 Å². The first-order valence-electron chi connectivity index (χ1n) is 6.52. The second-order valence-electron chi connectivity index (χ2n) is 4.26. The molecule has 0 fully saturated rings. The van der Waals surface area contributed by atoms with E-state index >= 15 is 0 Å². The molecule has 0 amide bonds. The van der Waals surface area contributed by atoms with Gasteiger partial charge >= 0.3 is 0 Å². The zero-order chi connectivity index (χ0) is 13.2. The molecule has 4 heteroatoms. The average Bonchev–Trinajstić information content (AvgIpc) is 2.31. The maximum atomic E-state index is 12.8. The van der Waals surface area contributed by atoms with Gasteiger partial charge in [-0.05, 0) is 38.8 Å². The van der Waals surface area contributed by atoms with E-state index in [1.807, 2.05) is 0 Å². The number of hydrogen-bond donors (Lipinski definition) is 1. The van der Waals surface area contributed by atoms with E-state index < -0.39 is 11.6 Å². The summed E-state index contributed by atoms with van der Waals surface area (Å²) in [6.45, 7) is 4.71. The minimum absolute atomic E-state index is 0.261. The van der Waals surface area contributed by atoms with E-state index in [1.54, 1.807) is 0 Å². The van der Waals surface area contributed by atoms with Crippen molar-refractivity contribution in [3.8, 4) is 5.75 Å². The van der Waals surface area contributed by atoms with Gasteiger partial charge in [-0.3, -0.25) is 0 Å². The summed E-state index contributed by atoms with van der Waals surface area (Å²) < 4.78 is 31.0. The molecule has 0 unspecified atom stereocenters. The van der Waals surface area contributed by atoms with Gasteiger partial charge in [0.25, 0.3) is 0 Å². The molecule has 0 saturated carbocycles. The van der Waals surface area contributed by atoms with Crippen LogP contribution in [0.15, 0.2) is 18.2 Å². The fourth-order valence-electron chi connectivity index (χ4n) is 1.63. The summed E-state index contributed by atoms with van der Waals surface area (Å²) in [6.07, 6.45) is 4.19. The van der Waals surface area contributed by atoms with Gasteiger partial charge in [0.15, 0.2) is 0 Å². The Morgan fingerprint density at radius 3 is 2.39 bits per heavy atom. The topological polar surface area (TPSA) is 21.3 Å². The van der Waals surface area contributed by atoms with Gasteiger partial charge in [0.2, 0.25) is 0 Å². The Kier molecular flexibility index (Phi) is 7.34. The quantitative estimate of drug-likeness (QED) is 0.683. The third-order valence-corrected chi connectivity index (χ3v) is 2.53. The average molecular weight is 257 g/mol. The van der Waals surface area contributed by atoms with Crippen LogP contribution in [-0.2, 0) is 0 Å². The molecule has 0 atom stereocenters. The van der Waals surface area contributed by atoms with Gasteiger partial charge < -0.3 is 10.1 Å². The van der Waals surface area contributed by atoms with Crippen LogP contribution in [-0.4, -0.2) is 19.7 Å². The first-order valence-corrected chi connectivity index (χ1v) is 6.52. The Bertz CT molecular complexity index is 324. The van der Waals surface area contributed by atoms with E-state index in [4.69, 9.17) is 4.74 Å². The number of halogens is 2. The smallest absolute Gasteiger partial charge is 0.129 e. The normalized spacial score (nSPS) is 10.6. The largest absolute Gasteiger partial charge is 0.493 e. The van der Waals surface area contributed by atoms with Crippen molar-refractivity contribution in [2.24, 2.45) is 0 Å². The van der Waals surface area contributed by atoms with Gasteiger partial charge in [-0.15, -0.1) is 0 Å². The van der Waals surface area contributed by atoms with Crippen molar-refractivity contribution in [3.63, 3.8) is 0 Å². The number of benzene rings is 1. The number of rotatable bonds is 9. The molecule has 0 heterocycles. The molecule has 0 bridgehead atoms. The molecule has 0 aromatic heterocycles. The third kappa shape index (κ3) is 6.55. The SMILES string of the molecule is CCCNCCCCCOc1cc(F)cc(F)c1. The Morgan fingerprint density at radius 2 is 1.72 bits per heavy atom. The lowest BCUT2D eigenvalue weighted by atomic mass is 10.2. The van der Waals surface area contributed by atoms with E-state index in [2.05, 4.69) is 12.2 Å². The Morgan fingerprint density at radius 1 is 1.00 bits per heavy atom. The van der Waals surface area contributed by atoms with Crippen molar-refractivity contribution in [1.82, 2.24) is 5.32 Å². The van der Waals surface area contributed by atoms with E-state index in [-0.39, 0.29) is 5.75 Å². The zero-order valence-electron chi connectivity index (χ0n) is 10.8. The van der Waals surface area contributed by atoms with Crippen molar-refractivity contribution in [3.05, 3.63) is 29.8 Å². The van der Waals surface area contributed by atoms with Crippen molar-refractivity contribution in [2.45, 2.75) is 32.6 Å². The summed E-state index contributed by atoms with van der Waals surface area (Å²) in [6, 6.07) is 3.24. The lowest BCUT2D eigenvalue weighted by Gasteiger charge is -2.06. The van der Waals surface area contributed by atoms with E-state index in [0.717, 1.165) is 44.8 Å². The Labute approximate surface area is 107 Å². The molecule has 102 valence electrons. The van der Waals surface area contributed by atoms with Crippen LogP contribution in [0.1, 0.15) is 32.6 Å². The number of hydrogen-bond acceptors (Lipinski definition) is 2. The van der Waals surface area contributed by atoms with E-state index in [1.165, 1.54) is 12.1 Å². The Balaban J connectivity index is 2.07. The predicted molar refractivity (Wildman–Crippen MR) is 68.9 cm³/mol. The van der Waals surface area contributed by atoms with Crippen molar-refractivity contribution in [1.29, 1.82) is 0 Å². The Hall–Kier alpha value is -1.16. The van der Waals surface area contributed by atoms with Crippen molar-refractivity contribution < 1.29 is 13.5 Å². The molecule has 18 heavy (non-hydrogen) atoms. The lowest BCUT2D eigenvalue weighted by Crippen LogP contribution is -2.15. The van der Waals surface area contributed by atoms with Gasteiger partial charge in [-0.25, -0.2) is 8.78 Å². The third-order valence-electron chi connectivity index (χ3n) is 2.53. The predicted octanol–water partition coefficient (Wildman–Crippen LogP) is 3.51. The van der Waals surface area contributed by atoms with Gasteiger partial charge in [-0.1, -0.05) is 6.92 Å². The number of ether oxygens (including phenoxy) is 1. The van der Waals surface area contributed by atoms with Crippen LogP contribution in [0.4, 0.5) is 8.78 Å². The molecule has 1 aromatic rings.